The molecule has 1 amide bonds. The topological polar surface area (TPSA) is 55.8 Å². The molecule has 1 aromatic carbocycles. The summed E-state index contributed by atoms with van der Waals surface area (Å²) in [7, 11) is 2.93. The lowest BCUT2D eigenvalue weighted by atomic mass is 10.3. The minimum Gasteiger partial charge on any atom is -0.484 e. The van der Waals surface area contributed by atoms with Crippen molar-refractivity contribution in [3.05, 3.63) is 29.0 Å². The summed E-state index contributed by atoms with van der Waals surface area (Å²) in [5, 5.41) is -0.0635. The minimum atomic E-state index is -0.546. The van der Waals surface area contributed by atoms with Crippen molar-refractivity contribution in [2.75, 3.05) is 27.3 Å². The summed E-state index contributed by atoms with van der Waals surface area (Å²) in [5.74, 6) is -0.790. The van der Waals surface area contributed by atoms with E-state index in [9.17, 15) is 14.0 Å². The lowest BCUT2D eigenvalue weighted by molar-refractivity contribution is -0.141. The van der Waals surface area contributed by atoms with Crippen LogP contribution in [0.15, 0.2) is 18.2 Å². The van der Waals surface area contributed by atoms with Crippen molar-refractivity contribution in [1.82, 2.24) is 4.90 Å². The molecule has 0 saturated carbocycles. The van der Waals surface area contributed by atoms with Gasteiger partial charge in [0.15, 0.2) is 6.61 Å². The second-order valence-electron chi connectivity index (χ2n) is 4.36. The Bertz CT molecular complexity index is 510. The Morgan fingerprint density at radius 1 is 1.38 bits per heavy atom. The number of esters is 1. The molecule has 1 aromatic rings. The number of rotatable bonds is 7. The zero-order chi connectivity index (χ0) is 15.8. The van der Waals surface area contributed by atoms with E-state index in [1.807, 2.05) is 0 Å². The second-order valence-corrected chi connectivity index (χ2v) is 4.77. The van der Waals surface area contributed by atoms with Crippen LogP contribution in [0, 0.1) is 5.82 Å². The number of hydrogen-bond acceptors (Lipinski definition) is 4. The molecule has 0 atom stereocenters. The van der Waals surface area contributed by atoms with Crippen molar-refractivity contribution in [2.24, 2.45) is 0 Å². The number of likely N-dealkylation sites (N-methyl/N-ethyl adjacent to an activating group) is 1. The molecule has 0 aromatic heterocycles. The summed E-state index contributed by atoms with van der Waals surface area (Å²) in [6, 6.07) is 3.87. The Morgan fingerprint density at radius 3 is 2.71 bits per heavy atom. The molecule has 0 N–H and O–H groups in total. The highest BCUT2D eigenvalue weighted by Crippen LogP contribution is 2.21. The molecular weight excluding hydrogens is 301 g/mol. The second kappa shape index (κ2) is 8.46. The fourth-order valence-electron chi connectivity index (χ4n) is 1.51. The van der Waals surface area contributed by atoms with Gasteiger partial charge >= 0.3 is 5.97 Å². The van der Waals surface area contributed by atoms with Gasteiger partial charge in [0, 0.05) is 26.1 Å². The van der Waals surface area contributed by atoms with E-state index < -0.39 is 5.82 Å². The van der Waals surface area contributed by atoms with Crippen molar-refractivity contribution >= 4 is 23.5 Å². The highest BCUT2D eigenvalue weighted by atomic mass is 35.5. The predicted octanol–water partition coefficient (Wildman–Crippen LogP) is 2.27. The Hall–Kier alpha value is -1.82. The van der Waals surface area contributed by atoms with Gasteiger partial charge in [0.05, 0.1) is 12.1 Å². The predicted molar refractivity (Wildman–Crippen MR) is 75.8 cm³/mol. The maximum atomic E-state index is 13.0. The number of methoxy groups -OCH3 is 1. The van der Waals surface area contributed by atoms with Crippen LogP contribution in [0.4, 0.5) is 4.39 Å². The largest absolute Gasteiger partial charge is 0.484 e. The third kappa shape index (κ3) is 5.99. The Kier molecular flexibility index (Phi) is 6.94. The molecule has 0 heterocycles. The van der Waals surface area contributed by atoms with Crippen molar-refractivity contribution in [3.63, 3.8) is 0 Å². The van der Waals surface area contributed by atoms with E-state index in [1.165, 1.54) is 30.2 Å². The van der Waals surface area contributed by atoms with Gasteiger partial charge in [-0.3, -0.25) is 9.59 Å². The van der Waals surface area contributed by atoms with Crippen molar-refractivity contribution < 1.29 is 23.5 Å². The summed E-state index contributed by atoms with van der Waals surface area (Å²) >= 11 is 5.61. The number of hydrogen-bond donors (Lipinski definition) is 0. The Labute approximate surface area is 127 Å². The standard InChI is InChI=1S/C14H17ClFNO4/c1-17(7-3-4-14(19)20-2)13(18)9-21-10-5-6-12(16)11(15)8-10/h5-6,8H,3-4,7,9H2,1-2H3. The van der Waals surface area contributed by atoms with Crippen LogP contribution in [0.3, 0.4) is 0 Å². The first-order chi connectivity index (χ1) is 9.93. The Morgan fingerprint density at radius 2 is 2.10 bits per heavy atom. The maximum Gasteiger partial charge on any atom is 0.305 e. The van der Waals surface area contributed by atoms with Crippen LogP contribution in [-0.2, 0) is 14.3 Å². The zero-order valence-corrected chi connectivity index (χ0v) is 12.7. The normalized spacial score (nSPS) is 10.1. The molecule has 7 heteroatoms. The first-order valence-electron chi connectivity index (χ1n) is 6.32. The van der Waals surface area contributed by atoms with Crippen LogP contribution in [0.1, 0.15) is 12.8 Å². The fraction of sp³-hybridized carbons (Fsp3) is 0.429. The summed E-state index contributed by atoms with van der Waals surface area (Å²) in [4.78, 5) is 24.2. The van der Waals surface area contributed by atoms with E-state index in [4.69, 9.17) is 16.3 Å². The highest BCUT2D eigenvalue weighted by Gasteiger charge is 2.11. The van der Waals surface area contributed by atoms with Gasteiger partial charge in [-0.15, -0.1) is 0 Å². The van der Waals surface area contributed by atoms with E-state index in [0.29, 0.717) is 18.7 Å². The highest BCUT2D eigenvalue weighted by molar-refractivity contribution is 6.30. The van der Waals surface area contributed by atoms with Gasteiger partial charge in [-0.2, -0.15) is 0 Å². The summed E-state index contributed by atoms with van der Waals surface area (Å²) in [5.41, 5.74) is 0. The van der Waals surface area contributed by atoms with Crippen LogP contribution in [0.5, 0.6) is 5.75 Å². The first kappa shape index (κ1) is 17.2. The van der Waals surface area contributed by atoms with Gasteiger partial charge in [0.2, 0.25) is 0 Å². The lowest BCUT2D eigenvalue weighted by Gasteiger charge is -2.17. The maximum absolute atomic E-state index is 13.0. The summed E-state index contributed by atoms with van der Waals surface area (Å²) < 4.78 is 22.7. The lowest BCUT2D eigenvalue weighted by Crippen LogP contribution is -2.32. The van der Waals surface area contributed by atoms with E-state index in [2.05, 4.69) is 4.74 Å². The molecule has 5 nitrogen and oxygen atoms in total. The van der Waals surface area contributed by atoms with Crippen molar-refractivity contribution in [1.29, 1.82) is 0 Å². The molecule has 0 radical (unpaired) electrons. The van der Waals surface area contributed by atoms with Crippen LogP contribution in [0.2, 0.25) is 5.02 Å². The monoisotopic (exact) mass is 317 g/mol. The molecular formula is C14H17ClFNO4. The molecule has 116 valence electrons. The van der Waals surface area contributed by atoms with Gasteiger partial charge in [-0.25, -0.2) is 4.39 Å². The van der Waals surface area contributed by atoms with Crippen molar-refractivity contribution in [3.8, 4) is 5.75 Å². The number of benzene rings is 1. The Balaban J connectivity index is 2.35. The number of halogens is 2. The molecule has 0 fully saturated rings. The smallest absolute Gasteiger partial charge is 0.305 e. The van der Waals surface area contributed by atoms with Crippen LogP contribution in [0.25, 0.3) is 0 Å². The van der Waals surface area contributed by atoms with E-state index in [1.54, 1.807) is 7.05 Å². The van der Waals surface area contributed by atoms with Crippen LogP contribution in [-0.4, -0.2) is 44.1 Å². The average molecular weight is 318 g/mol. The third-order valence-corrected chi connectivity index (χ3v) is 3.07. The van der Waals surface area contributed by atoms with Gasteiger partial charge in [0.1, 0.15) is 11.6 Å². The van der Waals surface area contributed by atoms with E-state index in [0.717, 1.165) is 0 Å². The van der Waals surface area contributed by atoms with Gasteiger partial charge in [-0.05, 0) is 18.6 Å². The molecule has 0 saturated heterocycles. The van der Waals surface area contributed by atoms with Crippen molar-refractivity contribution in [2.45, 2.75) is 12.8 Å². The third-order valence-electron chi connectivity index (χ3n) is 2.78. The SMILES string of the molecule is COC(=O)CCCN(C)C(=O)COc1ccc(F)c(Cl)c1. The van der Waals surface area contributed by atoms with Gasteiger partial charge in [0.25, 0.3) is 5.91 Å². The molecule has 0 aliphatic carbocycles. The summed E-state index contributed by atoms with van der Waals surface area (Å²) in [6.45, 7) is 0.234. The summed E-state index contributed by atoms with van der Waals surface area (Å²) in [6.07, 6.45) is 0.764. The van der Waals surface area contributed by atoms with E-state index in [-0.39, 0.29) is 29.9 Å². The molecule has 0 unspecified atom stereocenters. The number of carbonyl (C=O) groups is 2. The van der Waals surface area contributed by atoms with Crippen LogP contribution < -0.4 is 4.74 Å². The first-order valence-corrected chi connectivity index (χ1v) is 6.70. The molecule has 0 bridgehead atoms. The van der Waals surface area contributed by atoms with Gasteiger partial charge in [-0.1, -0.05) is 11.6 Å². The van der Waals surface area contributed by atoms with Gasteiger partial charge < -0.3 is 14.4 Å². The van der Waals surface area contributed by atoms with Crippen LogP contribution >= 0.6 is 11.6 Å². The average Bonchev–Trinajstić information content (AvgIpc) is 2.47. The number of carbonyl (C=O) groups excluding carboxylic acids is 2. The molecule has 21 heavy (non-hydrogen) atoms. The molecule has 0 aliphatic rings. The fourth-order valence-corrected chi connectivity index (χ4v) is 1.68. The molecule has 1 rings (SSSR count). The van der Waals surface area contributed by atoms with E-state index >= 15 is 0 Å². The quantitative estimate of drug-likeness (QED) is 0.724. The minimum absolute atomic E-state index is 0.0635. The molecule has 0 aliphatic heterocycles. The number of amides is 1. The number of nitrogens with zero attached hydrogens (tertiary/aromatic N) is 1. The number of ether oxygens (including phenoxy) is 2. The zero-order valence-electron chi connectivity index (χ0n) is 11.9. The molecule has 0 spiro atoms.